The minimum Gasteiger partial charge on any atom is -0.501 e. The van der Waals surface area contributed by atoms with E-state index < -0.39 is 34.9 Å². The summed E-state index contributed by atoms with van der Waals surface area (Å²) in [4.78, 5) is 41.2. The summed E-state index contributed by atoms with van der Waals surface area (Å²) >= 11 is 1.14. The first-order valence-corrected chi connectivity index (χ1v) is 7.81. The van der Waals surface area contributed by atoms with E-state index in [1.807, 2.05) is 0 Å². The van der Waals surface area contributed by atoms with Gasteiger partial charge < -0.3 is 26.2 Å². The van der Waals surface area contributed by atoms with Gasteiger partial charge in [-0.1, -0.05) is 13.8 Å². The fourth-order valence-electron chi connectivity index (χ4n) is 1.83. The number of nitrogens with zero attached hydrogens (tertiary/aromatic N) is 1. The van der Waals surface area contributed by atoms with Gasteiger partial charge >= 0.3 is 5.97 Å². The van der Waals surface area contributed by atoms with E-state index in [0.717, 1.165) is 11.3 Å². The summed E-state index contributed by atoms with van der Waals surface area (Å²) in [5, 5.41) is 22.7. The van der Waals surface area contributed by atoms with Gasteiger partial charge in [0.25, 0.3) is 5.56 Å². The normalized spacial score (nSPS) is 12.2. The number of nitrogens with two attached hydrogens (primary N) is 1. The Kier molecular flexibility index (Phi) is 5.00. The molecule has 0 aromatic carbocycles. The van der Waals surface area contributed by atoms with Gasteiger partial charge in [-0.05, 0) is 17.4 Å². The molecule has 2 heterocycles. The van der Waals surface area contributed by atoms with Gasteiger partial charge in [0.1, 0.15) is 0 Å². The molecule has 2 aromatic heterocycles. The summed E-state index contributed by atoms with van der Waals surface area (Å²) in [7, 11) is 0. The summed E-state index contributed by atoms with van der Waals surface area (Å²) in [5.41, 5.74) is 4.37. The largest absolute Gasteiger partial charge is 0.501 e. The van der Waals surface area contributed by atoms with Crippen molar-refractivity contribution in [1.29, 1.82) is 0 Å². The molecule has 2 aromatic rings. The molecule has 10 heteroatoms. The number of nitrogens with one attached hydrogen (secondary N) is 2. The maximum atomic E-state index is 12.1. The maximum Gasteiger partial charge on any atom is 0.358 e. The Morgan fingerprint density at radius 2 is 2.08 bits per heavy atom. The molecule has 0 radical (unpaired) electrons. The fourth-order valence-corrected chi connectivity index (χ4v) is 2.63. The van der Waals surface area contributed by atoms with Crippen molar-refractivity contribution in [1.82, 2.24) is 9.97 Å². The van der Waals surface area contributed by atoms with E-state index in [1.54, 1.807) is 25.3 Å². The van der Waals surface area contributed by atoms with Crippen molar-refractivity contribution in [2.24, 2.45) is 11.7 Å². The van der Waals surface area contributed by atoms with Crippen LogP contribution < -0.4 is 16.6 Å². The lowest BCUT2D eigenvalue weighted by Crippen LogP contribution is -2.39. The fraction of sp³-hybridized carbons (Fsp3) is 0.286. The van der Waals surface area contributed by atoms with Gasteiger partial charge in [0.15, 0.2) is 11.5 Å². The van der Waals surface area contributed by atoms with Crippen molar-refractivity contribution in [2.45, 2.75) is 19.9 Å². The molecular weight excluding hydrogens is 336 g/mol. The van der Waals surface area contributed by atoms with Crippen molar-refractivity contribution >= 4 is 28.9 Å². The summed E-state index contributed by atoms with van der Waals surface area (Å²) < 4.78 is 0. The second-order valence-corrected chi connectivity index (χ2v) is 6.26. The lowest BCUT2D eigenvalue weighted by atomic mass is 10.1. The van der Waals surface area contributed by atoms with Crippen molar-refractivity contribution in [3.63, 3.8) is 0 Å². The number of aromatic hydroxyl groups is 1. The third kappa shape index (κ3) is 3.44. The molecule has 0 saturated carbocycles. The van der Waals surface area contributed by atoms with E-state index in [0.29, 0.717) is 10.6 Å². The van der Waals surface area contributed by atoms with Gasteiger partial charge in [0.2, 0.25) is 11.7 Å². The highest BCUT2D eigenvalue weighted by atomic mass is 32.1. The highest BCUT2D eigenvalue weighted by molar-refractivity contribution is 7.14. The lowest BCUT2D eigenvalue weighted by Gasteiger charge is -2.15. The molecule has 0 aliphatic carbocycles. The Hall–Kier alpha value is -2.72. The van der Waals surface area contributed by atoms with Crippen molar-refractivity contribution in [2.75, 3.05) is 5.32 Å². The van der Waals surface area contributed by atoms with E-state index in [4.69, 9.17) is 10.8 Å². The van der Waals surface area contributed by atoms with Crippen LogP contribution >= 0.6 is 11.3 Å². The number of H-pyrrole nitrogens is 1. The second-order valence-electron chi connectivity index (χ2n) is 5.34. The number of amides is 1. The average molecular weight is 352 g/mol. The molecule has 0 aliphatic rings. The molecule has 0 spiro atoms. The molecule has 1 amide bonds. The Morgan fingerprint density at radius 1 is 1.42 bits per heavy atom. The van der Waals surface area contributed by atoms with Crippen LogP contribution in [-0.4, -0.2) is 38.1 Å². The summed E-state index contributed by atoms with van der Waals surface area (Å²) in [6.45, 7) is 3.61. The quantitative estimate of drug-likeness (QED) is 0.533. The number of carbonyl (C=O) groups is 2. The van der Waals surface area contributed by atoms with Crippen molar-refractivity contribution in [3.8, 4) is 16.5 Å². The van der Waals surface area contributed by atoms with Gasteiger partial charge in [0, 0.05) is 0 Å². The average Bonchev–Trinajstić information content (AvgIpc) is 2.96. The molecule has 9 nitrogen and oxygen atoms in total. The zero-order chi connectivity index (χ0) is 18.0. The first-order valence-electron chi connectivity index (χ1n) is 6.93. The third-order valence-electron chi connectivity index (χ3n) is 3.26. The molecule has 0 bridgehead atoms. The van der Waals surface area contributed by atoms with Gasteiger partial charge in [0.05, 0.1) is 16.6 Å². The third-order valence-corrected chi connectivity index (χ3v) is 4.18. The van der Waals surface area contributed by atoms with Crippen molar-refractivity contribution < 1.29 is 19.8 Å². The van der Waals surface area contributed by atoms with Crippen LogP contribution in [0.5, 0.6) is 5.75 Å². The summed E-state index contributed by atoms with van der Waals surface area (Å²) in [6.07, 6.45) is 0. The molecule has 0 fully saturated rings. The number of anilines is 1. The zero-order valence-corrected chi connectivity index (χ0v) is 13.7. The van der Waals surface area contributed by atoms with E-state index in [2.05, 4.69) is 15.3 Å². The van der Waals surface area contributed by atoms with Crippen LogP contribution in [0.4, 0.5) is 5.69 Å². The first kappa shape index (κ1) is 17.6. The Morgan fingerprint density at radius 3 is 2.67 bits per heavy atom. The number of hydrogen-bond donors (Lipinski definition) is 5. The molecule has 1 atom stereocenters. The molecule has 0 unspecified atom stereocenters. The number of carboxylic acid groups (broad SMARTS) is 1. The van der Waals surface area contributed by atoms with Crippen LogP contribution in [0.3, 0.4) is 0 Å². The monoisotopic (exact) mass is 352 g/mol. The second kappa shape index (κ2) is 6.81. The predicted molar refractivity (Wildman–Crippen MR) is 88.2 cm³/mol. The Bertz CT molecular complexity index is 842. The van der Waals surface area contributed by atoms with Crippen LogP contribution in [0.2, 0.25) is 0 Å². The SMILES string of the molecule is CC(C)[C@H](N)C(=O)Nc1ccsc1-c1nc(C(=O)O)c(O)c(=O)[nH]1. The Labute approximate surface area is 140 Å². The van der Waals surface area contributed by atoms with Gasteiger partial charge in [-0.3, -0.25) is 9.59 Å². The standard InChI is InChI=1S/C14H16N4O5S/c1-5(2)7(15)12(20)16-6-3-4-24-10(6)11-17-8(14(22)23)9(19)13(21)18-11/h3-5,7,19H,15H2,1-2H3,(H,16,20)(H,22,23)(H,17,18,21)/t7-/m0/s1. The zero-order valence-electron chi connectivity index (χ0n) is 12.9. The van der Waals surface area contributed by atoms with Crippen LogP contribution in [0, 0.1) is 5.92 Å². The van der Waals surface area contributed by atoms with Gasteiger partial charge in [-0.15, -0.1) is 11.3 Å². The number of aromatic carboxylic acids is 1. The molecule has 2 rings (SSSR count). The number of aromatic nitrogens is 2. The Balaban J connectivity index is 2.42. The van der Waals surface area contributed by atoms with Gasteiger partial charge in [-0.25, -0.2) is 9.78 Å². The van der Waals surface area contributed by atoms with Crippen LogP contribution in [0.15, 0.2) is 16.2 Å². The number of carbonyl (C=O) groups excluding carboxylic acids is 1. The van der Waals surface area contributed by atoms with Crippen LogP contribution in [0.25, 0.3) is 10.7 Å². The first-order chi connectivity index (χ1) is 11.2. The van der Waals surface area contributed by atoms with E-state index in [9.17, 15) is 19.5 Å². The smallest absolute Gasteiger partial charge is 0.358 e. The molecule has 128 valence electrons. The molecule has 0 aliphatic heterocycles. The maximum absolute atomic E-state index is 12.1. The number of rotatable bonds is 5. The van der Waals surface area contributed by atoms with Crippen LogP contribution in [-0.2, 0) is 4.79 Å². The van der Waals surface area contributed by atoms with Gasteiger partial charge in [-0.2, -0.15) is 0 Å². The summed E-state index contributed by atoms with van der Waals surface area (Å²) in [5.74, 6) is -3.07. The molecular formula is C14H16N4O5S. The number of thiophene rings is 1. The number of carboxylic acids is 1. The number of aromatic amines is 1. The lowest BCUT2D eigenvalue weighted by molar-refractivity contribution is -0.118. The molecule has 24 heavy (non-hydrogen) atoms. The minimum absolute atomic E-state index is 0.0707. The topological polar surface area (TPSA) is 158 Å². The highest BCUT2D eigenvalue weighted by Crippen LogP contribution is 2.31. The van der Waals surface area contributed by atoms with Crippen molar-refractivity contribution in [3.05, 3.63) is 27.5 Å². The van der Waals surface area contributed by atoms with Crippen LogP contribution in [0.1, 0.15) is 24.3 Å². The summed E-state index contributed by atoms with van der Waals surface area (Å²) in [6, 6.07) is 0.859. The highest BCUT2D eigenvalue weighted by Gasteiger charge is 2.22. The predicted octanol–water partition coefficient (Wildman–Crippen LogP) is 0.824. The van der Waals surface area contributed by atoms with E-state index in [1.165, 1.54) is 0 Å². The minimum atomic E-state index is -1.54. The molecule has 0 saturated heterocycles. The van der Waals surface area contributed by atoms with E-state index >= 15 is 0 Å². The number of hydrogen-bond acceptors (Lipinski definition) is 7. The molecule has 6 N–H and O–H groups in total. The van der Waals surface area contributed by atoms with E-state index in [-0.39, 0.29) is 11.7 Å².